The van der Waals surface area contributed by atoms with Gasteiger partial charge in [-0.3, -0.25) is 9.59 Å². The molecular weight excluding hydrogens is 346 g/mol. The highest BCUT2D eigenvalue weighted by Crippen LogP contribution is 2.40. The van der Waals surface area contributed by atoms with Crippen LogP contribution in [-0.4, -0.2) is 31.6 Å². The number of para-hydroxylation sites is 1. The Kier molecular flexibility index (Phi) is 4.11. The Morgan fingerprint density at radius 3 is 2.48 bits per heavy atom. The van der Waals surface area contributed by atoms with E-state index in [1.54, 1.807) is 55.5 Å². The molecule has 6 nitrogen and oxygen atoms in total. The summed E-state index contributed by atoms with van der Waals surface area (Å²) in [6.45, 7) is 2.32. The molecule has 2 aromatic carbocycles. The van der Waals surface area contributed by atoms with Crippen LogP contribution in [0.15, 0.2) is 51.7 Å². The lowest BCUT2D eigenvalue weighted by Gasteiger charge is -2.24. The Morgan fingerprint density at radius 1 is 1.04 bits per heavy atom. The largest absolute Gasteiger partial charge is 0.493 e. The number of fused-ring (bicyclic) bond motifs is 2. The summed E-state index contributed by atoms with van der Waals surface area (Å²) in [6.07, 6.45) is 0. The van der Waals surface area contributed by atoms with E-state index >= 15 is 0 Å². The minimum atomic E-state index is -0.529. The molecule has 1 atom stereocenters. The lowest BCUT2D eigenvalue weighted by molar-refractivity contribution is 0.0737. The quantitative estimate of drug-likeness (QED) is 0.709. The first-order valence-corrected chi connectivity index (χ1v) is 8.69. The summed E-state index contributed by atoms with van der Waals surface area (Å²) >= 11 is 0. The molecule has 0 saturated carbocycles. The van der Waals surface area contributed by atoms with E-state index in [9.17, 15) is 9.59 Å². The number of rotatable bonds is 4. The van der Waals surface area contributed by atoms with Crippen LogP contribution in [0.4, 0.5) is 0 Å². The van der Waals surface area contributed by atoms with Crippen molar-refractivity contribution in [2.24, 2.45) is 0 Å². The van der Waals surface area contributed by atoms with Crippen LogP contribution in [-0.2, 0) is 0 Å². The van der Waals surface area contributed by atoms with Gasteiger partial charge >= 0.3 is 0 Å². The Hall–Kier alpha value is -3.28. The van der Waals surface area contributed by atoms with Crippen LogP contribution in [0.3, 0.4) is 0 Å². The number of carbonyl (C=O) groups excluding carboxylic acids is 1. The fraction of sp³-hybridized carbons (Fsp3) is 0.238. The molecule has 0 radical (unpaired) electrons. The van der Waals surface area contributed by atoms with Gasteiger partial charge in [0.05, 0.1) is 31.2 Å². The Balaban J connectivity index is 1.98. The number of nitrogens with zero attached hydrogens (tertiary/aromatic N) is 1. The van der Waals surface area contributed by atoms with Crippen molar-refractivity contribution in [3.05, 3.63) is 69.6 Å². The molecule has 1 amide bonds. The van der Waals surface area contributed by atoms with Crippen LogP contribution < -0.4 is 14.9 Å². The number of benzene rings is 2. The fourth-order valence-electron chi connectivity index (χ4n) is 3.66. The molecule has 2 heterocycles. The van der Waals surface area contributed by atoms with E-state index in [1.807, 2.05) is 13.0 Å². The highest BCUT2D eigenvalue weighted by molar-refractivity contribution is 5.99. The summed E-state index contributed by atoms with van der Waals surface area (Å²) in [5.74, 6) is 0.951. The van der Waals surface area contributed by atoms with Crippen LogP contribution in [0.5, 0.6) is 11.5 Å². The average Bonchev–Trinajstić information content (AvgIpc) is 2.99. The molecule has 0 saturated heterocycles. The van der Waals surface area contributed by atoms with Gasteiger partial charge in [0.25, 0.3) is 5.91 Å². The van der Waals surface area contributed by atoms with Crippen molar-refractivity contribution < 1.29 is 18.7 Å². The summed E-state index contributed by atoms with van der Waals surface area (Å²) in [5.41, 5.74) is 1.37. The van der Waals surface area contributed by atoms with Crippen molar-refractivity contribution in [2.45, 2.75) is 13.0 Å². The van der Waals surface area contributed by atoms with Gasteiger partial charge in [0, 0.05) is 6.54 Å². The van der Waals surface area contributed by atoms with Gasteiger partial charge in [0.15, 0.2) is 16.9 Å². The molecule has 0 aliphatic carbocycles. The van der Waals surface area contributed by atoms with Crippen molar-refractivity contribution >= 4 is 16.9 Å². The third kappa shape index (κ3) is 2.48. The Labute approximate surface area is 155 Å². The van der Waals surface area contributed by atoms with Gasteiger partial charge < -0.3 is 18.8 Å². The van der Waals surface area contributed by atoms with E-state index in [4.69, 9.17) is 13.9 Å². The smallest absolute Gasteiger partial charge is 0.290 e. The minimum Gasteiger partial charge on any atom is -0.493 e. The zero-order valence-electron chi connectivity index (χ0n) is 15.3. The summed E-state index contributed by atoms with van der Waals surface area (Å²) < 4.78 is 16.5. The predicted octanol–water partition coefficient (Wildman–Crippen LogP) is 3.38. The van der Waals surface area contributed by atoms with Crippen molar-refractivity contribution in [1.29, 1.82) is 0 Å². The maximum Gasteiger partial charge on any atom is 0.290 e. The number of carbonyl (C=O) groups is 1. The standard InChI is InChI=1S/C21H19NO5/c1-4-22-18(12-9-10-15(25-2)16(11-12)26-3)17-19(23)13-7-5-6-8-14(13)27-20(17)21(22)24/h5-11,18H,4H2,1-3H3/t18-/m0/s1. The number of hydrogen-bond acceptors (Lipinski definition) is 5. The summed E-state index contributed by atoms with van der Waals surface area (Å²) in [4.78, 5) is 27.8. The van der Waals surface area contributed by atoms with Crippen molar-refractivity contribution in [3.8, 4) is 11.5 Å². The summed E-state index contributed by atoms with van der Waals surface area (Å²) in [6, 6.07) is 11.8. The monoisotopic (exact) mass is 365 g/mol. The van der Waals surface area contributed by atoms with E-state index < -0.39 is 6.04 Å². The molecule has 0 spiro atoms. The summed E-state index contributed by atoms with van der Waals surface area (Å²) in [5, 5.41) is 0.465. The van der Waals surface area contributed by atoms with Crippen LogP contribution in [0.25, 0.3) is 11.0 Å². The molecule has 4 rings (SSSR count). The molecule has 6 heteroatoms. The van der Waals surface area contributed by atoms with Gasteiger partial charge in [-0.25, -0.2) is 0 Å². The van der Waals surface area contributed by atoms with E-state index in [0.717, 1.165) is 5.56 Å². The number of ether oxygens (including phenoxy) is 2. The van der Waals surface area contributed by atoms with Crippen LogP contribution >= 0.6 is 0 Å². The van der Waals surface area contributed by atoms with Crippen LogP contribution in [0.1, 0.15) is 34.6 Å². The average molecular weight is 365 g/mol. The molecule has 138 valence electrons. The molecule has 0 N–H and O–H groups in total. The molecule has 0 bridgehead atoms. The second-order valence-electron chi connectivity index (χ2n) is 6.28. The van der Waals surface area contributed by atoms with Gasteiger partial charge in [0.1, 0.15) is 5.58 Å². The van der Waals surface area contributed by atoms with E-state index in [0.29, 0.717) is 34.6 Å². The van der Waals surface area contributed by atoms with Gasteiger partial charge in [-0.1, -0.05) is 18.2 Å². The number of methoxy groups -OCH3 is 2. The maximum absolute atomic E-state index is 13.2. The number of amides is 1. The summed E-state index contributed by atoms with van der Waals surface area (Å²) in [7, 11) is 3.11. The van der Waals surface area contributed by atoms with Crippen LogP contribution in [0, 0.1) is 0 Å². The van der Waals surface area contributed by atoms with E-state index in [-0.39, 0.29) is 17.1 Å². The molecule has 1 aliphatic heterocycles. The van der Waals surface area contributed by atoms with Crippen molar-refractivity contribution in [1.82, 2.24) is 4.90 Å². The Bertz CT molecular complexity index is 1100. The minimum absolute atomic E-state index is 0.111. The molecule has 27 heavy (non-hydrogen) atoms. The predicted molar refractivity (Wildman–Crippen MR) is 101 cm³/mol. The molecule has 0 unspecified atom stereocenters. The highest BCUT2D eigenvalue weighted by Gasteiger charge is 2.42. The third-order valence-corrected chi connectivity index (χ3v) is 4.94. The molecular formula is C21H19NO5. The first-order valence-electron chi connectivity index (χ1n) is 8.69. The van der Waals surface area contributed by atoms with Crippen molar-refractivity contribution in [3.63, 3.8) is 0 Å². The van der Waals surface area contributed by atoms with Gasteiger partial charge in [-0.2, -0.15) is 0 Å². The lowest BCUT2D eigenvalue weighted by atomic mass is 9.98. The van der Waals surface area contributed by atoms with Gasteiger partial charge in [0.2, 0.25) is 5.76 Å². The van der Waals surface area contributed by atoms with Crippen molar-refractivity contribution in [2.75, 3.05) is 20.8 Å². The first kappa shape index (κ1) is 17.1. The van der Waals surface area contributed by atoms with E-state index in [1.165, 1.54) is 0 Å². The zero-order valence-corrected chi connectivity index (χ0v) is 15.3. The first-order chi connectivity index (χ1) is 13.1. The molecule has 0 fully saturated rings. The van der Waals surface area contributed by atoms with E-state index in [2.05, 4.69) is 0 Å². The molecule has 3 aromatic rings. The van der Waals surface area contributed by atoms with Crippen LogP contribution in [0.2, 0.25) is 0 Å². The zero-order chi connectivity index (χ0) is 19.1. The molecule has 1 aliphatic rings. The normalized spacial score (nSPS) is 15.9. The third-order valence-electron chi connectivity index (χ3n) is 4.94. The SMILES string of the molecule is CCN1C(=O)c2oc3ccccc3c(=O)c2[C@@H]1c1ccc(OC)c(OC)c1. The lowest BCUT2D eigenvalue weighted by Crippen LogP contribution is -2.29. The molecule has 1 aromatic heterocycles. The maximum atomic E-state index is 13.2. The Morgan fingerprint density at radius 2 is 1.78 bits per heavy atom. The second-order valence-corrected chi connectivity index (χ2v) is 6.28. The fourth-order valence-corrected chi connectivity index (χ4v) is 3.66. The van der Waals surface area contributed by atoms with Gasteiger partial charge in [-0.15, -0.1) is 0 Å². The number of hydrogen-bond donors (Lipinski definition) is 0. The topological polar surface area (TPSA) is 69.0 Å². The highest BCUT2D eigenvalue weighted by atomic mass is 16.5. The van der Waals surface area contributed by atoms with Gasteiger partial charge in [-0.05, 0) is 36.8 Å². The second kappa shape index (κ2) is 6.46.